The van der Waals surface area contributed by atoms with Gasteiger partial charge in [-0.05, 0) is 48.4 Å². The lowest BCUT2D eigenvalue weighted by Gasteiger charge is -2.08. The summed E-state index contributed by atoms with van der Waals surface area (Å²) in [5, 5.41) is 11.0. The van der Waals surface area contributed by atoms with Crippen LogP contribution in [0.5, 0.6) is 0 Å². The molecule has 0 aliphatic rings. The first-order chi connectivity index (χ1) is 10.8. The molecule has 0 saturated heterocycles. The molecule has 2 aromatic rings. The number of nitrogens with one attached hydrogen (secondary N) is 2. The summed E-state index contributed by atoms with van der Waals surface area (Å²) in [6.07, 6.45) is 0.676. The number of urea groups is 1. The van der Waals surface area contributed by atoms with Gasteiger partial charge in [-0.1, -0.05) is 23.7 Å². The molecule has 0 spiro atoms. The van der Waals surface area contributed by atoms with Gasteiger partial charge in [-0.2, -0.15) is 0 Å². The van der Waals surface area contributed by atoms with Crippen molar-refractivity contribution in [2.24, 2.45) is 5.14 Å². The molecule has 4 N–H and O–H groups in total. The molecule has 2 rings (SSSR count). The van der Waals surface area contributed by atoms with E-state index in [-0.39, 0.29) is 10.9 Å². The number of carbonyl (C=O) groups is 1. The third-order valence-corrected chi connectivity index (χ3v) is 4.23. The Hall–Kier alpha value is -2.09. The molecular formula is C15H16ClN3O3S. The zero-order valence-electron chi connectivity index (χ0n) is 12.1. The highest BCUT2D eigenvalue weighted by atomic mass is 35.5. The Bertz CT molecular complexity index is 775. The summed E-state index contributed by atoms with van der Waals surface area (Å²) >= 11 is 5.80. The number of sulfonamides is 1. The Morgan fingerprint density at radius 3 is 2.22 bits per heavy atom. The molecule has 6 nitrogen and oxygen atoms in total. The molecule has 23 heavy (non-hydrogen) atoms. The predicted octanol–water partition coefficient (Wildman–Crippen LogP) is 2.35. The Balaban J connectivity index is 1.81. The normalized spacial score (nSPS) is 11.0. The van der Waals surface area contributed by atoms with Crippen LogP contribution in [0, 0.1) is 0 Å². The van der Waals surface area contributed by atoms with E-state index in [1.54, 1.807) is 12.1 Å². The van der Waals surface area contributed by atoms with E-state index in [9.17, 15) is 13.2 Å². The van der Waals surface area contributed by atoms with Crippen molar-refractivity contribution >= 4 is 33.3 Å². The van der Waals surface area contributed by atoms with Crippen LogP contribution in [-0.2, 0) is 16.4 Å². The number of nitrogens with two attached hydrogens (primary N) is 1. The number of primary sulfonamides is 1. The molecule has 0 radical (unpaired) electrons. The Kier molecular flexibility index (Phi) is 5.59. The minimum Gasteiger partial charge on any atom is -0.338 e. The molecule has 2 aromatic carbocycles. The van der Waals surface area contributed by atoms with Crippen LogP contribution in [0.3, 0.4) is 0 Å². The highest BCUT2D eigenvalue weighted by molar-refractivity contribution is 7.89. The molecule has 0 saturated carbocycles. The van der Waals surface area contributed by atoms with Gasteiger partial charge in [-0.25, -0.2) is 18.4 Å². The highest BCUT2D eigenvalue weighted by Crippen LogP contribution is 2.12. The SMILES string of the molecule is NS(=O)(=O)c1ccc(NC(=O)NCCc2ccc(Cl)cc2)cc1. The lowest BCUT2D eigenvalue weighted by atomic mass is 10.1. The number of rotatable bonds is 5. The molecule has 0 unspecified atom stereocenters. The van der Waals surface area contributed by atoms with E-state index in [0.29, 0.717) is 23.7 Å². The molecule has 122 valence electrons. The van der Waals surface area contributed by atoms with Crippen LogP contribution in [0.2, 0.25) is 5.02 Å². The summed E-state index contributed by atoms with van der Waals surface area (Å²) in [5.74, 6) is 0. The summed E-state index contributed by atoms with van der Waals surface area (Å²) in [6.45, 7) is 0.461. The lowest BCUT2D eigenvalue weighted by molar-refractivity contribution is 0.252. The fourth-order valence-corrected chi connectivity index (χ4v) is 2.52. The van der Waals surface area contributed by atoms with Gasteiger partial charge >= 0.3 is 6.03 Å². The van der Waals surface area contributed by atoms with E-state index in [1.165, 1.54) is 24.3 Å². The number of benzene rings is 2. The average Bonchev–Trinajstić information content (AvgIpc) is 2.49. The minimum atomic E-state index is -3.73. The summed E-state index contributed by atoms with van der Waals surface area (Å²) < 4.78 is 22.3. The van der Waals surface area contributed by atoms with Crippen LogP contribution in [0.25, 0.3) is 0 Å². The van der Waals surface area contributed by atoms with Crippen LogP contribution in [0.1, 0.15) is 5.56 Å². The fourth-order valence-electron chi connectivity index (χ4n) is 1.87. The summed E-state index contributed by atoms with van der Waals surface area (Å²) in [7, 11) is -3.73. The second-order valence-corrected chi connectivity index (χ2v) is 6.82. The van der Waals surface area contributed by atoms with Crippen molar-refractivity contribution in [3.05, 3.63) is 59.1 Å². The second kappa shape index (κ2) is 7.45. The topological polar surface area (TPSA) is 101 Å². The van der Waals surface area contributed by atoms with Gasteiger partial charge in [0.25, 0.3) is 0 Å². The van der Waals surface area contributed by atoms with E-state index in [0.717, 1.165) is 5.56 Å². The predicted molar refractivity (Wildman–Crippen MR) is 90.0 cm³/mol. The van der Waals surface area contributed by atoms with Crippen molar-refractivity contribution in [1.29, 1.82) is 0 Å². The Labute approximate surface area is 139 Å². The van der Waals surface area contributed by atoms with Gasteiger partial charge in [0.2, 0.25) is 10.0 Å². The zero-order chi connectivity index (χ0) is 16.9. The maximum Gasteiger partial charge on any atom is 0.319 e. The minimum absolute atomic E-state index is 0.00815. The maximum absolute atomic E-state index is 11.8. The molecule has 0 aromatic heterocycles. The molecule has 0 fully saturated rings. The van der Waals surface area contributed by atoms with Gasteiger partial charge in [0.15, 0.2) is 0 Å². The zero-order valence-corrected chi connectivity index (χ0v) is 13.7. The van der Waals surface area contributed by atoms with Gasteiger partial charge in [0, 0.05) is 17.3 Å². The summed E-state index contributed by atoms with van der Waals surface area (Å²) in [6, 6.07) is 12.6. The smallest absolute Gasteiger partial charge is 0.319 e. The van der Waals surface area contributed by atoms with Crippen LogP contribution in [-0.4, -0.2) is 21.0 Å². The van der Waals surface area contributed by atoms with Gasteiger partial charge in [-0.3, -0.25) is 0 Å². The number of anilines is 1. The van der Waals surface area contributed by atoms with Crippen LogP contribution in [0.4, 0.5) is 10.5 Å². The number of hydrogen-bond acceptors (Lipinski definition) is 3. The van der Waals surface area contributed by atoms with Crippen molar-refractivity contribution in [2.45, 2.75) is 11.3 Å². The maximum atomic E-state index is 11.8. The van der Waals surface area contributed by atoms with E-state index >= 15 is 0 Å². The molecule has 0 atom stereocenters. The summed E-state index contributed by atoms with van der Waals surface area (Å²) in [4.78, 5) is 11.7. The van der Waals surface area contributed by atoms with E-state index in [4.69, 9.17) is 16.7 Å². The van der Waals surface area contributed by atoms with Crippen molar-refractivity contribution in [3.8, 4) is 0 Å². The number of carbonyl (C=O) groups excluding carboxylic acids is 1. The van der Waals surface area contributed by atoms with Crippen molar-refractivity contribution in [2.75, 3.05) is 11.9 Å². The van der Waals surface area contributed by atoms with Gasteiger partial charge < -0.3 is 10.6 Å². The molecule has 0 aliphatic heterocycles. The number of hydrogen-bond donors (Lipinski definition) is 3. The first-order valence-electron chi connectivity index (χ1n) is 6.77. The third-order valence-electron chi connectivity index (χ3n) is 3.05. The number of amides is 2. The molecular weight excluding hydrogens is 338 g/mol. The molecule has 8 heteroatoms. The standard InChI is InChI=1S/C15H16ClN3O3S/c16-12-3-1-11(2-4-12)9-10-18-15(20)19-13-5-7-14(8-6-13)23(17,21)22/h1-8H,9-10H2,(H2,17,21,22)(H2,18,19,20). The van der Waals surface area contributed by atoms with E-state index in [2.05, 4.69) is 10.6 Å². The van der Waals surface area contributed by atoms with E-state index < -0.39 is 10.0 Å². The van der Waals surface area contributed by atoms with Crippen LogP contribution < -0.4 is 15.8 Å². The average molecular weight is 354 g/mol. The lowest BCUT2D eigenvalue weighted by Crippen LogP contribution is -2.30. The van der Waals surface area contributed by atoms with Crippen molar-refractivity contribution < 1.29 is 13.2 Å². The second-order valence-electron chi connectivity index (χ2n) is 4.83. The van der Waals surface area contributed by atoms with Crippen LogP contribution >= 0.6 is 11.6 Å². The van der Waals surface area contributed by atoms with E-state index in [1.807, 2.05) is 12.1 Å². The first kappa shape index (κ1) is 17.3. The van der Waals surface area contributed by atoms with Crippen LogP contribution in [0.15, 0.2) is 53.4 Å². The van der Waals surface area contributed by atoms with Gasteiger partial charge in [0.1, 0.15) is 0 Å². The Morgan fingerprint density at radius 2 is 1.65 bits per heavy atom. The molecule has 2 amide bonds. The molecule has 0 aliphatic carbocycles. The first-order valence-corrected chi connectivity index (χ1v) is 8.69. The molecule has 0 heterocycles. The largest absolute Gasteiger partial charge is 0.338 e. The monoisotopic (exact) mass is 353 g/mol. The van der Waals surface area contributed by atoms with Crippen molar-refractivity contribution in [1.82, 2.24) is 5.32 Å². The number of halogens is 1. The molecule has 0 bridgehead atoms. The summed E-state index contributed by atoms with van der Waals surface area (Å²) in [5.41, 5.74) is 1.54. The quantitative estimate of drug-likeness (QED) is 0.768. The van der Waals surface area contributed by atoms with Gasteiger partial charge in [-0.15, -0.1) is 0 Å². The fraction of sp³-hybridized carbons (Fsp3) is 0.133. The third kappa shape index (κ3) is 5.55. The van der Waals surface area contributed by atoms with Gasteiger partial charge in [0.05, 0.1) is 4.90 Å². The Morgan fingerprint density at radius 1 is 1.04 bits per heavy atom. The highest BCUT2D eigenvalue weighted by Gasteiger charge is 2.07. The van der Waals surface area contributed by atoms with Crippen molar-refractivity contribution in [3.63, 3.8) is 0 Å².